The van der Waals surface area contributed by atoms with E-state index in [1.807, 2.05) is 153 Å². The van der Waals surface area contributed by atoms with Gasteiger partial charge in [-0.05, 0) is 231 Å². The van der Waals surface area contributed by atoms with Gasteiger partial charge in [-0.2, -0.15) is 9.97 Å². The predicted octanol–water partition coefficient (Wildman–Crippen LogP) is 15.8. The SMILES string of the molecule is COc1cc(CC(=O)C2(c3ccc4c(c3)OCO4)CC2)nc(OC)n1.COc1ccc(C2(C(=O)Nc3cnccn3)CC2)cc1.COc1ccccc1-c1ccc(CC(=O)C2(c3ccc4c(c3)OCO4)CC2)cn1.Cc1ncc(CC(=O)C2(c3ccc4c(c3)OCO4)CC2)cc1-c1cccc(S(N)(=O)=O)c1.O=C(Nc1ncc2c(n1)-c1ccoc1CC2)C1(c2ccc3c(c2)OCO3)CC1.[HH].[HH].[HH]. The molecule has 0 saturated heterocycles. The molecule has 688 valence electrons. The summed E-state index contributed by atoms with van der Waals surface area (Å²) < 4.78 is 93.1. The number of hydrogen-bond acceptors (Lipinski definition) is 28. The summed E-state index contributed by atoms with van der Waals surface area (Å²) in [4.78, 5) is 99.3. The Hall–Kier alpha value is -15.2. The Morgan fingerprint density at radius 2 is 0.978 bits per heavy atom. The summed E-state index contributed by atoms with van der Waals surface area (Å²) in [6.07, 6.45) is 22.4. The zero-order valence-corrected chi connectivity index (χ0v) is 74.8. The molecule has 10 aliphatic rings. The summed E-state index contributed by atoms with van der Waals surface area (Å²) in [6.45, 7) is 2.73. The maximum atomic E-state index is 13.3. The maximum Gasteiger partial charge on any atom is 0.319 e. The monoisotopic (exact) mass is 1830 g/mol. The van der Waals surface area contributed by atoms with Gasteiger partial charge in [-0.25, -0.2) is 28.5 Å². The summed E-state index contributed by atoms with van der Waals surface area (Å²) >= 11 is 0. The summed E-state index contributed by atoms with van der Waals surface area (Å²) in [5, 5.41) is 11.0. The number of furan rings is 1. The standard InChI is InChI=1S/C24H22N2O5S.C24H21NO4.C21H17N3O4.C18H18N2O5.C15H15N3O2.3H2/c1-15-20(17-3-2-4-19(11-17)32(25,28)29)9-16(13-26-15)10-23(27)24(7-8-24)18-5-6-21-22(12-18)31-14-30-21;1-27-20-5-3-2-4-18(20)19-8-6-16(14-25-19)12-23(26)24(10-11-24)17-7-9-21-22(13-17)29-15-28-21;25-19(21(6-7-21)13-2-4-16-17(9-13)28-11-27-16)24-20-22-10-12-1-3-15-14(5-8-26-15)18(12)23-20;1-22-16-9-12(19-17(20-16)23-2)8-15(21)18(5-6-18)11-3-4-13-14(7-11)25-10-24-13;1-20-12-4-2-11(3-5-12)15(6-7-15)14(19)18-13-10-16-8-9-17-13;;;/h2-6,9,11-13H,7-8,10,14H2,1H3,(H2,25,28,29);2-9,13-14H,10-12,15H2,1H3;2,4-5,8-10H,1,3,6-7,11H2,(H,22,23,24,25);3-4,7,9H,5-6,8,10H2,1-2H3;2-5,8-10H,6-7H2,1H3,(H,17,18,19);3*1H. The molecule has 6 aliphatic carbocycles. The van der Waals surface area contributed by atoms with E-state index in [-0.39, 0.29) is 84.4 Å². The smallest absolute Gasteiger partial charge is 0.319 e. The zero-order chi connectivity index (χ0) is 92.5. The number of Topliss-reactive ketones (excluding diaryl/α,β-unsaturated/α-hetero) is 3. The van der Waals surface area contributed by atoms with Gasteiger partial charge in [0.15, 0.2) is 51.8 Å². The number of sulfonamides is 1. The summed E-state index contributed by atoms with van der Waals surface area (Å²) in [6, 6.07) is 54.4. The van der Waals surface area contributed by atoms with E-state index >= 15 is 0 Å². The van der Waals surface area contributed by atoms with Gasteiger partial charge in [0.2, 0.25) is 60.8 Å². The number of amides is 2. The van der Waals surface area contributed by atoms with Crippen molar-refractivity contribution in [3.63, 3.8) is 0 Å². The van der Waals surface area contributed by atoms with Crippen molar-refractivity contribution in [2.24, 2.45) is 5.14 Å². The van der Waals surface area contributed by atoms with E-state index < -0.39 is 37.1 Å². The Morgan fingerprint density at radius 1 is 0.440 bits per heavy atom. The molecule has 5 saturated carbocycles. The molecule has 2 amide bonds. The highest BCUT2D eigenvalue weighted by Gasteiger charge is 2.55. The average molecular weight is 1830 g/mol. The Kier molecular flexibility index (Phi) is 24.0. The number of nitrogens with two attached hydrogens (primary N) is 1. The number of rotatable bonds is 25. The van der Waals surface area contributed by atoms with Gasteiger partial charge >= 0.3 is 6.01 Å². The molecule has 4 aliphatic heterocycles. The van der Waals surface area contributed by atoms with Crippen molar-refractivity contribution in [3.8, 4) is 103 Å². The summed E-state index contributed by atoms with van der Waals surface area (Å²) in [5.74, 6) is 9.72. The Balaban J connectivity index is 0.000000124. The van der Waals surface area contributed by atoms with Gasteiger partial charge in [-0.15, -0.1) is 0 Å². The second kappa shape index (κ2) is 36.5. The molecule has 7 aromatic carbocycles. The molecule has 10 heterocycles. The number of anilines is 2. The molecule has 6 aromatic heterocycles. The van der Waals surface area contributed by atoms with E-state index in [1.165, 1.54) is 26.4 Å². The first-order valence-corrected chi connectivity index (χ1v) is 45.4. The molecule has 0 atom stereocenters. The van der Waals surface area contributed by atoms with Gasteiger partial charge in [0.25, 0.3) is 0 Å². The van der Waals surface area contributed by atoms with Crippen molar-refractivity contribution in [2.45, 2.75) is 135 Å². The molecule has 31 nitrogen and oxygen atoms in total. The van der Waals surface area contributed by atoms with Gasteiger partial charge < -0.3 is 66.6 Å². The van der Waals surface area contributed by atoms with Crippen LogP contribution in [0.4, 0.5) is 11.8 Å². The number of benzene rings is 7. The molecule has 0 unspecified atom stereocenters. The van der Waals surface area contributed by atoms with E-state index in [1.54, 1.807) is 75.9 Å². The first kappa shape index (κ1) is 88.1. The van der Waals surface area contributed by atoms with Crippen LogP contribution in [-0.4, -0.2) is 133 Å². The molecule has 4 N–H and O–H groups in total. The molecule has 32 heteroatoms. The highest BCUT2D eigenvalue weighted by molar-refractivity contribution is 7.89. The van der Waals surface area contributed by atoms with E-state index in [4.69, 9.17) is 66.4 Å². The molecular formula is C102H99N11O20S. The summed E-state index contributed by atoms with van der Waals surface area (Å²) in [7, 11) is 2.46. The molecule has 23 rings (SSSR count). The van der Waals surface area contributed by atoms with Crippen LogP contribution in [0.3, 0.4) is 0 Å². The highest BCUT2D eigenvalue weighted by atomic mass is 32.2. The topological polar surface area (TPSA) is 397 Å². The van der Waals surface area contributed by atoms with Crippen molar-refractivity contribution in [2.75, 3.05) is 66.2 Å². The van der Waals surface area contributed by atoms with Gasteiger partial charge in [0.1, 0.15) is 34.6 Å². The van der Waals surface area contributed by atoms with Gasteiger partial charge in [-0.1, -0.05) is 66.7 Å². The number of ketones is 3. The molecule has 13 aromatic rings. The number of nitrogens with one attached hydrogen (secondary N) is 2. The minimum Gasteiger partial charge on any atom is -0.497 e. The van der Waals surface area contributed by atoms with Crippen molar-refractivity contribution < 1.29 is 97.9 Å². The second-order valence-corrected chi connectivity index (χ2v) is 35.8. The predicted molar refractivity (Wildman–Crippen MR) is 494 cm³/mol. The van der Waals surface area contributed by atoms with Gasteiger partial charge in [0.05, 0.1) is 96.4 Å². The van der Waals surface area contributed by atoms with Crippen LogP contribution in [0.1, 0.15) is 130 Å². The number of hydrogen-bond donors (Lipinski definition) is 3. The first-order chi connectivity index (χ1) is 65.1. The van der Waals surface area contributed by atoms with Crippen LogP contribution in [0.2, 0.25) is 0 Å². The van der Waals surface area contributed by atoms with E-state index in [2.05, 4.69) is 50.5 Å². The Morgan fingerprint density at radius 3 is 1.51 bits per heavy atom. The van der Waals surface area contributed by atoms with Gasteiger partial charge in [-0.3, -0.25) is 44.2 Å². The summed E-state index contributed by atoms with van der Waals surface area (Å²) in [5.41, 5.74) is 11.7. The number of aromatic nitrogens is 8. The van der Waals surface area contributed by atoms with Crippen LogP contribution in [0.5, 0.6) is 69.4 Å². The quantitative estimate of drug-likeness (QED) is 0.0478. The zero-order valence-electron chi connectivity index (χ0n) is 73.9. The number of methoxy groups -OCH3 is 4. The number of ether oxygens (including phenoxy) is 12. The average Bonchev–Trinajstić information content (AvgIpc) is 1.38. The number of carbonyl (C=O) groups excluding carboxylic acids is 5. The number of carbonyl (C=O) groups is 5. The number of para-hydroxylation sites is 1. The number of primary sulfonamides is 1. The first-order valence-electron chi connectivity index (χ1n) is 43.9. The van der Waals surface area contributed by atoms with E-state index in [0.717, 1.165) is 190 Å². The normalized spacial score (nSPS) is 16.3. The third-order valence-corrected chi connectivity index (χ3v) is 27.0. The Labute approximate surface area is 775 Å². The number of aryl methyl sites for hydroxylation is 3. The lowest BCUT2D eigenvalue weighted by atomic mass is 9.87. The third-order valence-electron chi connectivity index (χ3n) is 26.1. The van der Waals surface area contributed by atoms with Crippen LogP contribution >= 0.6 is 0 Å². The van der Waals surface area contributed by atoms with Crippen LogP contribution < -0.4 is 72.6 Å². The van der Waals surface area contributed by atoms with Crippen LogP contribution in [0.15, 0.2) is 229 Å². The fourth-order valence-electron chi connectivity index (χ4n) is 17.6. The molecular weight excluding hydrogens is 1730 g/mol. The molecule has 0 bridgehead atoms. The second-order valence-electron chi connectivity index (χ2n) is 34.2. The van der Waals surface area contributed by atoms with E-state index in [9.17, 15) is 32.4 Å². The Bertz CT molecular complexity index is 6840. The van der Waals surface area contributed by atoms with Gasteiger partial charge in [0, 0.05) is 83.0 Å². The van der Waals surface area contributed by atoms with Crippen molar-refractivity contribution in [1.29, 1.82) is 0 Å². The maximum absolute atomic E-state index is 13.3. The third kappa shape index (κ3) is 18.2. The lowest BCUT2D eigenvalue weighted by Crippen LogP contribution is -2.28. The molecule has 0 radical (unpaired) electrons. The number of nitrogens with zero attached hydrogens (tertiary/aromatic N) is 8. The molecule has 134 heavy (non-hydrogen) atoms. The minimum atomic E-state index is -3.82. The largest absolute Gasteiger partial charge is 0.497 e. The lowest BCUT2D eigenvalue weighted by molar-refractivity contribution is -0.121. The number of pyridine rings is 2. The van der Waals surface area contributed by atoms with Crippen molar-refractivity contribution >= 4 is 51.0 Å². The minimum absolute atomic E-state index is 0. The van der Waals surface area contributed by atoms with Crippen molar-refractivity contribution in [1.82, 2.24) is 39.9 Å². The van der Waals surface area contributed by atoms with Crippen LogP contribution in [0, 0.1) is 6.92 Å². The highest BCUT2D eigenvalue weighted by Crippen LogP contribution is 2.56. The van der Waals surface area contributed by atoms with E-state index in [0.29, 0.717) is 64.1 Å². The van der Waals surface area contributed by atoms with Crippen LogP contribution in [-0.2, 0) is 93.2 Å². The fraction of sp³-hybridized carbons (Fsp3) is 0.284. The molecule has 5 fully saturated rings. The lowest BCUT2D eigenvalue weighted by Gasteiger charge is -2.17. The van der Waals surface area contributed by atoms with Crippen LogP contribution in [0.25, 0.3) is 33.6 Å². The molecule has 0 spiro atoms. The van der Waals surface area contributed by atoms with Crippen molar-refractivity contribution in [3.05, 3.63) is 281 Å². The number of fused-ring (bicyclic) bond motifs is 7. The fourth-order valence-corrected chi connectivity index (χ4v) is 18.2.